The lowest BCUT2D eigenvalue weighted by molar-refractivity contribution is 0.0254. The lowest BCUT2D eigenvalue weighted by Crippen LogP contribution is -2.30. The monoisotopic (exact) mass is 996 g/mol. The van der Waals surface area contributed by atoms with E-state index in [1.807, 2.05) is 31.8 Å². The molecule has 2 N–H and O–H groups in total. The van der Waals surface area contributed by atoms with Crippen molar-refractivity contribution in [3.05, 3.63) is 146 Å². The standard InChI is InChI=1S/2C13H8N6O3.C8H7N3O3.C6H5N3O.C2H7B.CH4O/c2*20-13(21-18-11-7-3-1-5-9(11)14-16-18)22-19-12-8-4-2-6-10(12)15-17-19;1-13-8(12)14-11-7-5-3-2-4-6(7)9-10-11;10-9-6-4-2-1-3-5(6)7-8-9;1-3-2;1-2/h2*1-8H;2-5H,1H3;1-4,10H;3H,1-2H3;2H,1H3/i;;;;3T;. The Morgan fingerprint density at radius 1 is 0.397 bits per heavy atom. The fourth-order valence-electron chi connectivity index (χ4n) is 5.85. The molecule has 0 aliphatic rings. The number of para-hydroxylation sites is 6. The highest BCUT2D eigenvalue weighted by Gasteiger charge is 2.17. The number of benzene rings is 6. The van der Waals surface area contributed by atoms with Gasteiger partial charge in [0, 0.05) is 7.11 Å². The van der Waals surface area contributed by atoms with Crippen LogP contribution in [0.1, 0.15) is 0 Å². The van der Waals surface area contributed by atoms with Gasteiger partial charge in [-0.05, 0) is 105 Å². The number of aromatic nitrogens is 18. The van der Waals surface area contributed by atoms with Gasteiger partial charge in [0.1, 0.15) is 73.4 Å². The molecule has 370 valence electrons. The molecule has 0 saturated carbocycles. The number of nitrogens with zero attached hydrogens (tertiary/aromatic N) is 18. The topological polar surface area (TPSA) is 331 Å². The summed E-state index contributed by atoms with van der Waals surface area (Å²) in [7, 11) is 2.31. The van der Waals surface area contributed by atoms with Crippen molar-refractivity contribution in [2.24, 2.45) is 0 Å². The van der Waals surface area contributed by atoms with Crippen LogP contribution in [0.3, 0.4) is 0 Å². The molecular formula is C43H39BN18O11. The Morgan fingerprint density at radius 2 is 0.603 bits per heavy atom. The molecule has 73 heavy (non-hydrogen) atoms. The maximum atomic E-state index is 11.8. The molecule has 0 aliphatic carbocycles. The van der Waals surface area contributed by atoms with Crippen molar-refractivity contribution in [2.45, 2.75) is 13.6 Å². The third-order valence-corrected chi connectivity index (χ3v) is 8.91. The van der Waals surface area contributed by atoms with Gasteiger partial charge in [0.25, 0.3) is 0 Å². The number of ether oxygens (including phenoxy) is 1. The van der Waals surface area contributed by atoms with E-state index in [0.29, 0.717) is 66.2 Å². The molecule has 0 atom stereocenters. The van der Waals surface area contributed by atoms with Crippen molar-refractivity contribution in [3.63, 3.8) is 0 Å². The van der Waals surface area contributed by atoms with Crippen LogP contribution in [0.25, 0.3) is 66.2 Å². The smallest absolute Gasteiger partial charge is 0.436 e. The van der Waals surface area contributed by atoms with E-state index in [1.165, 1.54) is 7.11 Å². The molecule has 0 spiro atoms. The summed E-state index contributed by atoms with van der Waals surface area (Å²) in [6.45, 7) is 3.67. The maximum absolute atomic E-state index is 11.8. The van der Waals surface area contributed by atoms with Crippen LogP contribution in [-0.2, 0) is 4.74 Å². The van der Waals surface area contributed by atoms with Crippen LogP contribution >= 0.6 is 0 Å². The Bertz CT molecular complexity index is 3450. The summed E-state index contributed by atoms with van der Waals surface area (Å²) < 4.78 is 10.9. The second-order valence-electron chi connectivity index (χ2n) is 13.7. The van der Waals surface area contributed by atoms with Crippen LogP contribution in [-0.4, -0.2) is 143 Å². The molecule has 0 aliphatic heterocycles. The van der Waals surface area contributed by atoms with Crippen LogP contribution in [0.15, 0.2) is 146 Å². The zero-order valence-corrected chi connectivity index (χ0v) is 38.6. The second kappa shape index (κ2) is 24.6. The van der Waals surface area contributed by atoms with E-state index in [0.717, 1.165) is 36.2 Å². The average molecular weight is 997 g/mol. The molecule has 30 heteroatoms. The first kappa shape index (κ1) is 48.8. The predicted octanol–water partition coefficient (Wildman–Crippen LogP) is 3.13. The van der Waals surface area contributed by atoms with Crippen molar-refractivity contribution in [1.29, 1.82) is 1.34 Å². The molecule has 0 fully saturated rings. The number of aliphatic hydroxyl groups excluding tert-OH is 1. The molecule has 0 amide bonds. The zero-order chi connectivity index (χ0) is 52.4. The Morgan fingerprint density at radius 3 is 0.849 bits per heavy atom. The summed E-state index contributed by atoms with van der Waals surface area (Å²) in [6, 6.07) is 42.5. The largest absolute Gasteiger partial charge is 0.562 e. The molecule has 0 saturated heterocycles. The first-order chi connectivity index (χ1) is 36.0. The molecule has 12 rings (SSSR count). The number of fused-ring (bicyclic) bond motifs is 6. The summed E-state index contributed by atoms with van der Waals surface area (Å²) >= 11 is 0. The molecule has 0 unspecified atom stereocenters. The molecule has 6 heterocycles. The number of carbonyl (C=O) groups is 3. The summed E-state index contributed by atoms with van der Waals surface area (Å²) in [6.07, 6.45) is -2.85. The first-order valence-electron chi connectivity index (χ1n) is 21.6. The van der Waals surface area contributed by atoms with Gasteiger partial charge >= 0.3 is 18.5 Å². The van der Waals surface area contributed by atoms with Crippen molar-refractivity contribution < 1.29 is 53.6 Å². The summed E-state index contributed by atoms with van der Waals surface area (Å²) in [5, 5.41) is 60.8. The first-order valence-corrected chi connectivity index (χ1v) is 21.0. The van der Waals surface area contributed by atoms with Gasteiger partial charge < -0.3 is 15.1 Å². The third-order valence-electron chi connectivity index (χ3n) is 8.91. The number of carbonyl (C=O) groups excluding carboxylic acids is 3. The Labute approximate surface area is 410 Å². The molecule has 12 aromatic rings. The number of methoxy groups -OCH3 is 1. The lowest BCUT2D eigenvalue weighted by atomic mass is 9.88. The zero-order valence-electron chi connectivity index (χ0n) is 39.6. The van der Waals surface area contributed by atoms with E-state index in [-0.39, 0.29) is 7.24 Å². The quantitative estimate of drug-likeness (QED) is 0.108. The highest BCUT2D eigenvalue weighted by Crippen LogP contribution is 2.13. The van der Waals surface area contributed by atoms with Crippen molar-refractivity contribution in [1.82, 2.24) is 90.9 Å². The van der Waals surface area contributed by atoms with Gasteiger partial charge in [-0.15, -0.1) is 30.6 Å². The number of aliphatic hydroxyl groups is 1. The summed E-state index contributed by atoms with van der Waals surface area (Å²) in [4.78, 5) is 64.8. The lowest BCUT2D eigenvalue weighted by Gasteiger charge is -2.03. The van der Waals surface area contributed by atoms with Gasteiger partial charge in [0.2, 0.25) is 0 Å². The van der Waals surface area contributed by atoms with Crippen molar-refractivity contribution >= 4 is 91.9 Å². The van der Waals surface area contributed by atoms with Gasteiger partial charge in [0.15, 0.2) is 0 Å². The molecular weight excluding hydrogens is 955 g/mol. The van der Waals surface area contributed by atoms with Gasteiger partial charge in [-0.25, -0.2) is 4.79 Å². The van der Waals surface area contributed by atoms with Gasteiger partial charge in [0.05, 0.1) is 7.11 Å². The molecule has 0 bridgehead atoms. The maximum Gasteiger partial charge on any atom is 0.562 e. The van der Waals surface area contributed by atoms with Gasteiger partial charge in [-0.2, -0.15) is 9.59 Å². The number of hydrogen-bond acceptors (Lipinski definition) is 23. The third kappa shape index (κ3) is 12.5. The van der Waals surface area contributed by atoms with E-state index in [2.05, 4.69) is 66.6 Å². The Balaban J connectivity index is 0.000000144. The Hall–Kier alpha value is -10.6. The minimum atomic E-state index is -1.01. The van der Waals surface area contributed by atoms with Crippen LogP contribution in [0.4, 0.5) is 14.4 Å². The highest BCUT2D eigenvalue weighted by atomic mass is 16.9. The van der Waals surface area contributed by atoms with Gasteiger partial charge in [-0.1, -0.05) is 116 Å². The molecule has 0 radical (unpaired) electrons. The fourth-order valence-corrected chi connectivity index (χ4v) is 5.85. The fraction of sp³-hybridized carbons (Fsp3) is 0.0930. The molecule has 6 aromatic heterocycles. The Kier molecular flexibility index (Phi) is 16.4. The van der Waals surface area contributed by atoms with Crippen LogP contribution in [0.5, 0.6) is 0 Å². The van der Waals surface area contributed by atoms with E-state index >= 15 is 0 Å². The normalized spacial score (nSPS) is 10.4. The second-order valence-corrected chi connectivity index (χ2v) is 13.7. The molecule has 29 nitrogen and oxygen atoms in total. The van der Waals surface area contributed by atoms with Gasteiger partial charge in [-0.3, -0.25) is 24.2 Å². The van der Waals surface area contributed by atoms with Crippen LogP contribution < -0.4 is 24.2 Å². The minimum absolute atomic E-state index is 0.0833. The predicted molar refractivity (Wildman–Crippen MR) is 255 cm³/mol. The van der Waals surface area contributed by atoms with E-state index in [9.17, 15) is 14.4 Å². The van der Waals surface area contributed by atoms with E-state index in [1.54, 1.807) is 127 Å². The number of hydrogen-bond donors (Lipinski definition) is 2. The van der Waals surface area contributed by atoms with Crippen molar-refractivity contribution in [2.75, 3.05) is 14.2 Å². The minimum Gasteiger partial charge on any atom is -0.436 e. The van der Waals surface area contributed by atoms with Crippen LogP contribution in [0, 0.1) is 0 Å². The van der Waals surface area contributed by atoms with E-state index < -0.39 is 18.5 Å². The summed E-state index contributed by atoms with van der Waals surface area (Å²) in [5.41, 5.74) is 7.16. The summed E-state index contributed by atoms with van der Waals surface area (Å²) in [5.74, 6) is 0. The van der Waals surface area contributed by atoms with Crippen molar-refractivity contribution in [3.8, 4) is 0 Å². The van der Waals surface area contributed by atoms with E-state index in [4.69, 9.17) is 35.8 Å². The van der Waals surface area contributed by atoms with Crippen LogP contribution in [0.2, 0.25) is 13.6 Å². The number of rotatable bonds is 5. The SMILES string of the molecule is CO.COC(=O)On1nnc2ccccc21.O=C(On1nnc2ccccc21)On1nnc2ccccc21.O=C(On1nnc2ccccc21)On1nnc2ccccc21.On1nnc2ccccc21.[3H]B(C)C. The highest BCUT2D eigenvalue weighted by molar-refractivity contribution is 6.31. The molecule has 6 aromatic carbocycles. The average Bonchev–Trinajstić information content (AvgIpc) is 4.32.